The third kappa shape index (κ3) is 7.89. The lowest BCUT2D eigenvalue weighted by atomic mass is 10.0. The molecule has 10 nitrogen and oxygen atoms in total. The maximum atomic E-state index is 13.5. The van der Waals surface area contributed by atoms with Crippen molar-refractivity contribution in [3.63, 3.8) is 0 Å². The molecule has 0 aliphatic heterocycles. The topological polar surface area (TPSA) is 141 Å². The number of nitrogens with zero attached hydrogens (tertiary/aromatic N) is 2. The molecule has 0 radical (unpaired) electrons. The molecule has 0 aromatic heterocycles. The van der Waals surface area contributed by atoms with Crippen molar-refractivity contribution in [3.05, 3.63) is 150 Å². The highest BCUT2D eigenvalue weighted by atomic mass is 19.4. The Morgan fingerprint density at radius 1 is 0.635 bits per heavy atom. The molecule has 0 aliphatic rings. The molecular weight excluding hydrogens is 675 g/mol. The zero-order chi connectivity index (χ0) is 36.8. The Bertz CT molecular complexity index is 2330. The molecule has 0 unspecified atom stereocenters. The van der Waals surface area contributed by atoms with Gasteiger partial charge in [0.2, 0.25) is 0 Å². The van der Waals surface area contributed by atoms with E-state index in [1.54, 1.807) is 72.8 Å². The number of nitrogens with one attached hydrogen (secondary N) is 3. The van der Waals surface area contributed by atoms with Gasteiger partial charge in [0.25, 0.3) is 17.7 Å². The van der Waals surface area contributed by atoms with E-state index in [0.717, 1.165) is 18.2 Å². The van der Waals surface area contributed by atoms with Gasteiger partial charge >= 0.3 is 6.18 Å². The number of methoxy groups -OCH3 is 1. The first kappa shape index (κ1) is 34.8. The molecule has 3 amide bonds. The zero-order valence-corrected chi connectivity index (χ0v) is 27.2. The van der Waals surface area contributed by atoms with Crippen molar-refractivity contribution in [2.24, 2.45) is 10.2 Å². The van der Waals surface area contributed by atoms with E-state index < -0.39 is 29.3 Å². The molecule has 0 atom stereocenters. The molecule has 0 spiro atoms. The number of alkyl halides is 3. The fourth-order valence-electron chi connectivity index (χ4n) is 5.21. The maximum absolute atomic E-state index is 13.5. The quantitative estimate of drug-likeness (QED) is 0.111. The summed E-state index contributed by atoms with van der Waals surface area (Å²) < 4.78 is 44.9. The van der Waals surface area contributed by atoms with Crippen molar-refractivity contribution in [1.82, 2.24) is 0 Å². The van der Waals surface area contributed by atoms with Crippen molar-refractivity contribution in [2.75, 3.05) is 23.1 Å². The molecule has 0 saturated carbocycles. The summed E-state index contributed by atoms with van der Waals surface area (Å²) in [5.74, 6) is -1.93. The number of rotatable bonds is 9. The molecule has 13 heteroatoms. The molecule has 0 heterocycles. The van der Waals surface area contributed by atoms with Crippen LogP contribution in [-0.4, -0.2) is 29.9 Å². The minimum Gasteiger partial charge on any atom is -0.505 e. The van der Waals surface area contributed by atoms with E-state index in [9.17, 15) is 32.7 Å². The largest absolute Gasteiger partial charge is 0.505 e. The van der Waals surface area contributed by atoms with E-state index in [1.807, 2.05) is 6.07 Å². The molecule has 52 heavy (non-hydrogen) atoms. The average Bonchev–Trinajstić information content (AvgIpc) is 3.15. The number of phenolic OH excluding ortho intramolecular Hbond substituents is 1. The van der Waals surface area contributed by atoms with Gasteiger partial charge in [0, 0.05) is 33.6 Å². The first-order chi connectivity index (χ1) is 25.0. The summed E-state index contributed by atoms with van der Waals surface area (Å²) in [6.07, 6.45) is -4.62. The van der Waals surface area contributed by atoms with Gasteiger partial charge in [0.05, 0.1) is 18.2 Å². The number of halogens is 3. The van der Waals surface area contributed by atoms with E-state index in [-0.39, 0.29) is 39.8 Å². The number of fused-ring (bicyclic) bond motifs is 1. The monoisotopic (exact) mass is 703 g/mol. The normalized spacial score (nSPS) is 11.3. The van der Waals surface area contributed by atoms with E-state index in [4.69, 9.17) is 4.74 Å². The Morgan fingerprint density at radius 3 is 1.92 bits per heavy atom. The van der Waals surface area contributed by atoms with Crippen LogP contribution >= 0.6 is 0 Å². The van der Waals surface area contributed by atoms with Gasteiger partial charge in [-0.2, -0.15) is 13.2 Å². The molecular formula is C39H28F3N5O5. The number of hydrogen-bond donors (Lipinski definition) is 4. The Balaban J connectivity index is 1.24. The van der Waals surface area contributed by atoms with Crippen LogP contribution in [0.3, 0.4) is 0 Å². The summed E-state index contributed by atoms with van der Waals surface area (Å²) in [7, 11) is 1.39. The summed E-state index contributed by atoms with van der Waals surface area (Å²) in [6, 6.07) is 31.9. The molecule has 6 rings (SSSR count). The van der Waals surface area contributed by atoms with Crippen LogP contribution in [0.2, 0.25) is 0 Å². The lowest BCUT2D eigenvalue weighted by Crippen LogP contribution is -2.13. The smallest absolute Gasteiger partial charge is 0.416 e. The minimum absolute atomic E-state index is 0.0253. The number of carbonyl (C=O) groups excluding carboxylic acids is 3. The predicted octanol–water partition coefficient (Wildman–Crippen LogP) is 9.75. The lowest BCUT2D eigenvalue weighted by Gasteiger charge is -2.12. The van der Waals surface area contributed by atoms with Crippen LogP contribution in [0.15, 0.2) is 138 Å². The third-order valence-electron chi connectivity index (χ3n) is 7.82. The first-order valence-corrected chi connectivity index (χ1v) is 15.6. The number of amides is 3. The Labute approximate surface area is 294 Å². The highest BCUT2D eigenvalue weighted by molar-refractivity contribution is 6.12. The van der Waals surface area contributed by atoms with Crippen LogP contribution in [0.1, 0.15) is 36.6 Å². The van der Waals surface area contributed by atoms with Crippen LogP contribution in [0, 0.1) is 0 Å². The second-order valence-electron chi connectivity index (χ2n) is 11.3. The summed E-state index contributed by atoms with van der Waals surface area (Å²) in [6.45, 7) is 0. The Morgan fingerprint density at radius 2 is 1.23 bits per heavy atom. The number of aromatic hydroxyl groups is 1. The number of phenols is 1. The average molecular weight is 704 g/mol. The third-order valence-corrected chi connectivity index (χ3v) is 7.82. The fourth-order valence-corrected chi connectivity index (χ4v) is 5.21. The number of anilines is 3. The molecule has 260 valence electrons. The lowest BCUT2D eigenvalue weighted by molar-refractivity contribution is -0.137. The molecule has 0 aliphatic carbocycles. The van der Waals surface area contributed by atoms with E-state index in [0.29, 0.717) is 27.7 Å². The second kappa shape index (κ2) is 14.8. The van der Waals surface area contributed by atoms with Crippen LogP contribution in [0.4, 0.5) is 41.6 Å². The number of carbonyl (C=O) groups is 3. The van der Waals surface area contributed by atoms with Crippen LogP contribution in [0.5, 0.6) is 11.5 Å². The van der Waals surface area contributed by atoms with Crippen molar-refractivity contribution in [2.45, 2.75) is 6.18 Å². The number of azo groups is 1. The van der Waals surface area contributed by atoms with Crippen LogP contribution < -0.4 is 20.7 Å². The van der Waals surface area contributed by atoms with Crippen LogP contribution in [0.25, 0.3) is 10.8 Å². The summed E-state index contributed by atoms with van der Waals surface area (Å²) in [5, 5.41) is 29.0. The maximum Gasteiger partial charge on any atom is 0.416 e. The van der Waals surface area contributed by atoms with Crippen molar-refractivity contribution < 1.29 is 37.4 Å². The van der Waals surface area contributed by atoms with E-state index >= 15 is 0 Å². The summed E-state index contributed by atoms with van der Waals surface area (Å²) >= 11 is 0. The highest BCUT2D eigenvalue weighted by Crippen LogP contribution is 2.41. The molecule has 0 bridgehead atoms. The summed E-state index contributed by atoms with van der Waals surface area (Å²) in [5.41, 5.74) is 0.412. The fraction of sp³-hybridized carbons (Fsp3) is 0.0513. The molecule has 0 saturated heterocycles. The molecule has 4 N–H and O–H groups in total. The van der Waals surface area contributed by atoms with Gasteiger partial charge < -0.3 is 25.8 Å². The SMILES string of the molecule is COc1ccc(NC(=O)c2cccc(C(F)(F)F)c2)cc1N=Nc1c(O)c(C(=O)Nc2ccc(NC(=O)c3ccccc3)cc2)cc2ccccc12. The molecule has 0 fully saturated rings. The predicted molar refractivity (Wildman–Crippen MR) is 191 cm³/mol. The number of hydrogen-bond acceptors (Lipinski definition) is 7. The Hall–Kier alpha value is -7.02. The van der Waals surface area contributed by atoms with Gasteiger partial charge in [-0.05, 0) is 84.2 Å². The highest BCUT2D eigenvalue weighted by Gasteiger charge is 2.31. The summed E-state index contributed by atoms with van der Waals surface area (Å²) in [4.78, 5) is 38.8. The van der Waals surface area contributed by atoms with E-state index in [1.165, 1.54) is 37.4 Å². The van der Waals surface area contributed by atoms with Gasteiger partial charge in [-0.15, -0.1) is 10.2 Å². The first-order valence-electron chi connectivity index (χ1n) is 15.6. The second-order valence-corrected chi connectivity index (χ2v) is 11.3. The van der Waals surface area contributed by atoms with Crippen LogP contribution in [-0.2, 0) is 6.18 Å². The van der Waals surface area contributed by atoms with Crippen molar-refractivity contribution >= 4 is 56.9 Å². The van der Waals surface area contributed by atoms with Gasteiger partial charge in [0.1, 0.15) is 17.1 Å². The van der Waals surface area contributed by atoms with Gasteiger partial charge in [0.15, 0.2) is 5.75 Å². The molecule has 6 aromatic rings. The minimum atomic E-state index is -4.62. The van der Waals surface area contributed by atoms with Gasteiger partial charge in [-0.25, -0.2) is 0 Å². The molecule has 6 aromatic carbocycles. The van der Waals surface area contributed by atoms with Gasteiger partial charge in [-0.3, -0.25) is 14.4 Å². The van der Waals surface area contributed by atoms with Gasteiger partial charge in [-0.1, -0.05) is 48.5 Å². The number of ether oxygens (including phenoxy) is 1. The van der Waals surface area contributed by atoms with Crippen molar-refractivity contribution in [1.29, 1.82) is 0 Å². The number of benzene rings is 6. The van der Waals surface area contributed by atoms with Crippen molar-refractivity contribution in [3.8, 4) is 11.5 Å². The Kier molecular flexibility index (Phi) is 9.94. The standard InChI is InChI=1S/C39H28F3N5O5/c1-52-33-19-18-29(45-37(50)25-11-7-12-26(20-25)39(40,41)42)22-32(33)46-47-34-30-13-6-5-10-24(30)21-31(35(34)48)38(51)44-28-16-14-27(15-17-28)43-36(49)23-8-3-2-4-9-23/h2-22,48H,1H3,(H,43,49)(H,44,51)(H,45,50). The zero-order valence-electron chi connectivity index (χ0n) is 27.2. The van der Waals surface area contributed by atoms with E-state index in [2.05, 4.69) is 26.2 Å².